The fourth-order valence-electron chi connectivity index (χ4n) is 7.92. The van der Waals surface area contributed by atoms with E-state index in [1.54, 1.807) is 0 Å². The number of carboxylic acid groups (broad SMARTS) is 2. The molecule has 0 unspecified atom stereocenters. The van der Waals surface area contributed by atoms with Crippen molar-refractivity contribution >= 4 is 65.3 Å². The van der Waals surface area contributed by atoms with Crippen molar-refractivity contribution in [2.45, 2.75) is 137 Å². The quantitative estimate of drug-likeness (QED) is 0.0453. The molecule has 0 aromatic heterocycles. The van der Waals surface area contributed by atoms with E-state index in [1.165, 1.54) is 31.4 Å². The van der Waals surface area contributed by atoms with Crippen molar-refractivity contribution in [1.29, 1.82) is 0 Å². The van der Waals surface area contributed by atoms with E-state index in [1.807, 2.05) is 5.32 Å². The average molecular weight is 1200 g/mol. The minimum atomic E-state index is -5.89. The van der Waals surface area contributed by atoms with Crippen LogP contribution in [0.4, 0.5) is 0 Å². The maximum Gasteiger partial charge on any atom is 0.397 e. The van der Waals surface area contributed by atoms with Gasteiger partial charge in [-0.3, -0.25) is 27.8 Å². The summed E-state index contributed by atoms with van der Waals surface area (Å²) in [5.41, 5.74) is 0. The minimum Gasteiger partial charge on any atom is -0.497 e. The highest BCUT2D eigenvalue weighted by Gasteiger charge is 2.59. The van der Waals surface area contributed by atoms with Crippen LogP contribution in [-0.2, 0) is 111 Å². The van der Waals surface area contributed by atoms with Crippen LogP contribution in [0.5, 0.6) is 11.5 Å². The van der Waals surface area contributed by atoms with Gasteiger partial charge in [0.15, 0.2) is 31.1 Å². The Labute approximate surface area is 433 Å². The van der Waals surface area contributed by atoms with E-state index < -0.39 is 201 Å². The summed E-state index contributed by atoms with van der Waals surface area (Å²) in [6, 6.07) is 0.809. The molecule has 4 aliphatic heterocycles. The number of carbonyl (C=O) groups excluding carboxylic acids is 2. The second-order valence-corrected chi connectivity index (χ2v) is 20.8. The molecular formula is C35H50N2O36S4. The van der Waals surface area contributed by atoms with E-state index in [9.17, 15) is 102 Å². The number of hydrogen-bond donors (Lipinski definition) is 13. The van der Waals surface area contributed by atoms with Crippen molar-refractivity contribution < 1.29 is 166 Å². The van der Waals surface area contributed by atoms with Crippen molar-refractivity contribution in [3.63, 3.8) is 0 Å². The van der Waals surface area contributed by atoms with Crippen LogP contribution in [0.2, 0.25) is 0 Å². The van der Waals surface area contributed by atoms with E-state index in [4.69, 9.17) is 47.2 Å². The number of aliphatic hydroxyl groups excluding tert-OH is 5. The van der Waals surface area contributed by atoms with E-state index >= 15 is 0 Å². The number of carboxylic acids is 2. The normalized spacial score (nSPS) is 36.3. The molecule has 13 N–H and O–H groups in total. The number of aliphatic hydroxyl groups is 5. The van der Waals surface area contributed by atoms with E-state index in [0.29, 0.717) is 5.75 Å². The van der Waals surface area contributed by atoms with E-state index in [2.05, 4.69) is 22.0 Å². The maximum atomic E-state index is 12.9. The second kappa shape index (κ2) is 25.4. The smallest absolute Gasteiger partial charge is 0.397 e. The monoisotopic (exact) mass is 1200 g/mol. The fourth-order valence-corrected chi connectivity index (χ4v) is 9.57. The first kappa shape index (κ1) is 63.5. The molecule has 4 saturated heterocycles. The van der Waals surface area contributed by atoms with Gasteiger partial charge in [0.2, 0.25) is 18.1 Å². The summed E-state index contributed by atoms with van der Waals surface area (Å²) in [5.74, 6) is -6.21. The average Bonchev–Trinajstić information content (AvgIpc) is 3.29. The van der Waals surface area contributed by atoms with Gasteiger partial charge in [0.05, 0.1) is 20.3 Å². The van der Waals surface area contributed by atoms with Gasteiger partial charge in [0.1, 0.15) is 96.8 Å². The number of nitrogens with one attached hydrogen (secondary N) is 2. The molecule has 20 atom stereocenters. The van der Waals surface area contributed by atoms with E-state index in [-0.39, 0.29) is 5.75 Å². The lowest BCUT2D eigenvalue weighted by Gasteiger charge is -2.50. The molecule has 1 aromatic carbocycles. The lowest BCUT2D eigenvalue weighted by atomic mass is 9.94. The van der Waals surface area contributed by atoms with Crippen LogP contribution in [0, 0.1) is 0 Å². The summed E-state index contributed by atoms with van der Waals surface area (Å²) in [4.78, 5) is 50.6. The third-order valence-electron chi connectivity index (χ3n) is 11.0. The Kier molecular flexibility index (Phi) is 21.0. The van der Waals surface area contributed by atoms with Gasteiger partial charge in [-0.1, -0.05) is 0 Å². The summed E-state index contributed by atoms with van der Waals surface area (Å²) >= 11 is 0. The van der Waals surface area contributed by atoms with Crippen molar-refractivity contribution in [3.8, 4) is 11.5 Å². The molecule has 4 aliphatic rings. The van der Waals surface area contributed by atoms with Gasteiger partial charge in [0.25, 0.3) is 0 Å². The number of rotatable bonds is 23. The van der Waals surface area contributed by atoms with Crippen molar-refractivity contribution in [1.82, 2.24) is 10.6 Å². The summed E-state index contributed by atoms with van der Waals surface area (Å²) in [6.07, 6.45) is -45.2. The minimum absolute atomic E-state index is 0.0754. The molecule has 440 valence electrons. The third-order valence-corrected chi connectivity index (χ3v) is 12.8. The highest BCUT2D eigenvalue weighted by Crippen LogP contribution is 2.37. The Bertz CT molecular complexity index is 2700. The van der Waals surface area contributed by atoms with Crippen LogP contribution in [-0.4, -0.2) is 254 Å². The van der Waals surface area contributed by atoms with Crippen LogP contribution in [0.1, 0.15) is 13.8 Å². The van der Waals surface area contributed by atoms with Gasteiger partial charge in [0, 0.05) is 13.8 Å². The van der Waals surface area contributed by atoms with Crippen LogP contribution >= 0.6 is 0 Å². The Morgan fingerprint density at radius 1 is 0.494 bits per heavy atom. The van der Waals surface area contributed by atoms with Crippen molar-refractivity contribution in [2.75, 3.05) is 20.3 Å². The van der Waals surface area contributed by atoms with Gasteiger partial charge in [-0.2, -0.15) is 33.7 Å². The molecule has 4 heterocycles. The number of ether oxygens (including phenoxy) is 9. The van der Waals surface area contributed by atoms with Crippen LogP contribution < -0.4 is 20.1 Å². The number of benzene rings is 1. The van der Waals surface area contributed by atoms with Gasteiger partial charge >= 0.3 is 53.5 Å². The standard InChI is InChI=1S/C35H50N2O36S4/c1-10(38)36-16-18(40)23(72-76(55,56)57)14(8-62-74(49,50)51)65-32(16)68-26-20(42)22(44)35(71-29(26)31(47)48)67-25-17(37-11(2)39)33(66-15(9-63-75(52,53)54)24(25)73-77(58,59)60)69-27-19(41)21(43)34(70-28(27)30(45)46)64-13-6-4-12(61-3)5-7-13/h4-7,14-29,32-35,40-44H,8-9H2,1-3H3,(H,36,38)(H,37,39)(H,45,46)(H,47,48)(H,49,50,51)(H,52,53,54)(H,55,56,57)(H,58,59,60)/t14-,15-,16-,17-,18-,19-,20-,21-,22-,23+,24+,25-,26+,27+,28+,29+,32+,33+,34-,35-/m1/s1. The Morgan fingerprint density at radius 3 is 1.31 bits per heavy atom. The van der Waals surface area contributed by atoms with Crippen LogP contribution in [0.25, 0.3) is 0 Å². The zero-order chi connectivity index (χ0) is 57.9. The van der Waals surface area contributed by atoms with Crippen molar-refractivity contribution in [2.24, 2.45) is 0 Å². The molecule has 0 aliphatic carbocycles. The Balaban J connectivity index is 1.54. The summed E-state index contributed by atoms with van der Waals surface area (Å²) in [7, 11) is -21.2. The topological polar surface area (TPSA) is 571 Å². The zero-order valence-electron chi connectivity index (χ0n) is 39.0. The number of carbonyl (C=O) groups is 4. The fraction of sp³-hybridized carbons (Fsp3) is 0.714. The summed E-state index contributed by atoms with van der Waals surface area (Å²) in [5, 5.41) is 81.3. The molecule has 38 nitrogen and oxygen atoms in total. The predicted octanol–water partition coefficient (Wildman–Crippen LogP) is -7.87. The molecule has 0 radical (unpaired) electrons. The number of aliphatic carboxylic acids is 2. The highest BCUT2D eigenvalue weighted by atomic mass is 32.3. The van der Waals surface area contributed by atoms with Crippen LogP contribution in [0.3, 0.4) is 0 Å². The second-order valence-electron chi connectivity index (χ2n) is 16.5. The number of amides is 2. The molecule has 77 heavy (non-hydrogen) atoms. The Morgan fingerprint density at radius 2 is 0.883 bits per heavy atom. The molecule has 42 heteroatoms. The number of hydrogen-bond acceptors (Lipinski definition) is 30. The molecule has 2 amide bonds. The highest BCUT2D eigenvalue weighted by molar-refractivity contribution is 7.81. The van der Waals surface area contributed by atoms with Gasteiger partial charge in [-0.15, -0.1) is 0 Å². The van der Waals surface area contributed by atoms with Gasteiger partial charge < -0.3 is 89.0 Å². The van der Waals surface area contributed by atoms with Gasteiger partial charge in [-0.05, 0) is 24.3 Å². The van der Waals surface area contributed by atoms with Crippen LogP contribution in [0.15, 0.2) is 24.3 Å². The first-order chi connectivity index (χ1) is 35.5. The summed E-state index contributed by atoms with van der Waals surface area (Å²) in [6.45, 7) is -1.60. The molecule has 4 fully saturated rings. The predicted molar refractivity (Wildman–Crippen MR) is 231 cm³/mol. The van der Waals surface area contributed by atoms with E-state index in [0.717, 1.165) is 13.8 Å². The first-order valence-electron chi connectivity index (χ1n) is 21.3. The zero-order valence-corrected chi connectivity index (χ0v) is 42.3. The molecule has 0 spiro atoms. The first-order valence-corrected chi connectivity index (χ1v) is 26.8. The van der Waals surface area contributed by atoms with Crippen molar-refractivity contribution in [3.05, 3.63) is 24.3 Å². The molecule has 1 aromatic rings. The molecule has 5 rings (SSSR count). The molecule has 0 saturated carbocycles. The lowest BCUT2D eigenvalue weighted by Crippen LogP contribution is -2.71. The maximum absolute atomic E-state index is 12.9. The Hall–Kier alpha value is -4.30. The van der Waals surface area contributed by atoms with Gasteiger partial charge in [-0.25, -0.2) is 26.3 Å². The molecule has 0 bridgehead atoms. The third kappa shape index (κ3) is 17.3. The largest absolute Gasteiger partial charge is 0.497 e. The number of methoxy groups -OCH3 is 1. The SMILES string of the molecule is COc1ccc(O[C@@H]2O[C@H](C(=O)O)[C@@H](O[C@@H]3O[C@H](COS(=O)(=O)O)[C@H](OS(=O)(=O)O)[C@H](O[C@@H]4O[C@H](C(=O)O)[C@@H](O[C@@H]5O[C@H](COS(=O)(=O)O)[C@H](OS(=O)(=O)O)[C@H](O)[C@H]5NC(C)=O)[C@H](O)[C@H]4O)[C@H]3NC(C)=O)[C@H](O)[C@H]2O)cc1. The molecular weight excluding hydrogens is 1150 g/mol. The summed E-state index contributed by atoms with van der Waals surface area (Å²) < 4.78 is 199. The lowest BCUT2D eigenvalue weighted by molar-refractivity contribution is -0.366.